The van der Waals surface area contributed by atoms with Gasteiger partial charge in [-0.1, -0.05) is 44.5 Å². The molecule has 202 valence electrons. The third-order valence-electron chi connectivity index (χ3n) is 6.18. The van der Waals surface area contributed by atoms with Gasteiger partial charge >= 0.3 is 6.09 Å². The molecule has 0 fully saturated rings. The summed E-state index contributed by atoms with van der Waals surface area (Å²) in [6.07, 6.45) is -0.0195. The summed E-state index contributed by atoms with van der Waals surface area (Å²) in [4.78, 5) is 41.9. The number of methoxy groups -OCH3 is 1. The van der Waals surface area contributed by atoms with Crippen molar-refractivity contribution in [3.63, 3.8) is 0 Å². The summed E-state index contributed by atoms with van der Waals surface area (Å²) in [6, 6.07) is 12.7. The topological polar surface area (TPSA) is 97.0 Å². The summed E-state index contributed by atoms with van der Waals surface area (Å²) in [5.74, 6) is -0.213. The van der Waals surface area contributed by atoms with Crippen molar-refractivity contribution in [2.24, 2.45) is 5.92 Å². The van der Waals surface area contributed by atoms with Crippen LogP contribution < -0.4 is 15.4 Å². The summed E-state index contributed by atoms with van der Waals surface area (Å²) >= 11 is 0. The first-order chi connectivity index (χ1) is 17.4. The normalized spacial score (nSPS) is 13.6. The molecule has 0 heterocycles. The number of rotatable bonds is 10. The average Bonchev–Trinajstić information content (AvgIpc) is 2.85. The van der Waals surface area contributed by atoms with Crippen molar-refractivity contribution in [2.45, 2.75) is 72.6 Å². The number of carbonyl (C=O) groups is 3. The van der Waals surface area contributed by atoms with Crippen molar-refractivity contribution in [3.8, 4) is 5.75 Å². The van der Waals surface area contributed by atoms with Gasteiger partial charge in [-0.05, 0) is 75.9 Å². The Morgan fingerprint density at radius 3 is 2.14 bits per heavy atom. The molecule has 0 bridgehead atoms. The third kappa shape index (κ3) is 8.23. The fourth-order valence-corrected chi connectivity index (χ4v) is 3.99. The molecule has 8 heteroatoms. The van der Waals surface area contributed by atoms with Crippen LogP contribution in [0.1, 0.15) is 65.1 Å². The molecule has 0 aliphatic carbocycles. The number of nitrogens with zero attached hydrogens (tertiary/aromatic N) is 1. The largest absolute Gasteiger partial charge is 0.497 e. The quantitative estimate of drug-likeness (QED) is 0.441. The number of ether oxygens (including phenoxy) is 2. The van der Waals surface area contributed by atoms with Gasteiger partial charge in [0.05, 0.1) is 7.11 Å². The Bertz CT molecular complexity index is 1060. The van der Waals surface area contributed by atoms with E-state index in [0.29, 0.717) is 23.4 Å². The number of likely N-dealkylation sites (N-methyl/N-ethyl adjacent to an activating group) is 1. The molecule has 3 atom stereocenters. The lowest BCUT2D eigenvalue weighted by molar-refractivity contribution is -0.141. The molecule has 0 radical (unpaired) electrons. The van der Waals surface area contributed by atoms with Gasteiger partial charge in [-0.2, -0.15) is 0 Å². The van der Waals surface area contributed by atoms with Crippen molar-refractivity contribution in [3.05, 3.63) is 59.7 Å². The van der Waals surface area contributed by atoms with Gasteiger partial charge in [-0.25, -0.2) is 4.79 Å². The zero-order valence-corrected chi connectivity index (χ0v) is 23.3. The number of aryl methyl sites for hydroxylation is 1. The maximum Gasteiger partial charge on any atom is 0.408 e. The van der Waals surface area contributed by atoms with Gasteiger partial charge in [-0.15, -0.1) is 0 Å². The number of hydrogen-bond acceptors (Lipinski definition) is 5. The molecular formula is C29H41N3O5. The second-order valence-electron chi connectivity index (χ2n) is 10.1. The van der Waals surface area contributed by atoms with Crippen LogP contribution in [0.15, 0.2) is 48.5 Å². The van der Waals surface area contributed by atoms with Crippen LogP contribution >= 0.6 is 0 Å². The second kappa shape index (κ2) is 13.1. The smallest absolute Gasteiger partial charge is 0.408 e. The molecule has 37 heavy (non-hydrogen) atoms. The molecule has 0 aliphatic heterocycles. The summed E-state index contributed by atoms with van der Waals surface area (Å²) in [7, 11) is 1.57. The second-order valence-corrected chi connectivity index (χ2v) is 10.1. The first kappa shape index (κ1) is 29.7. The number of hydrogen-bond donors (Lipinski definition) is 2. The highest BCUT2D eigenvalue weighted by molar-refractivity contribution is 5.99. The molecule has 0 spiro atoms. The zero-order chi connectivity index (χ0) is 27.8. The number of amides is 3. The minimum atomic E-state index is -0.909. The van der Waals surface area contributed by atoms with Crippen LogP contribution in [0.4, 0.5) is 10.5 Å². The Labute approximate surface area is 220 Å². The molecule has 0 aliphatic rings. The van der Waals surface area contributed by atoms with Crippen molar-refractivity contribution < 1.29 is 23.9 Å². The summed E-state index contributed by atoms with van der Waals surface area (Å²) < 4.78 is 10.6. The Kier molecular flexibility index (Phi) is 10.5. The maximum absolute atomic E-state index is 14.0. The SMILES string of the molecule is CCC(C)C(NC(=O)OC(C)(C)C)C(=O)N(CC)C(C(=O)Nc1ccc(OC)cc1)c1ccccc1C. The Morgan fingerprint density at radius 1 is 1.00 bits per heavy atom. The lowest BCUT2D eigenvalue weighted by atomic mass is 9.94. The minimum Gasteiger partial charge on any atom is -0.497 e. The van der Waals surface area contributed by atoms with E-state index in [2.05, 4.69) is 10.6 Å². The average molecular weight is 512 g/mol. The van der Waals surface area contributed by atoms with Crippen LogP contribution in [0.5, 0.6) is 5.75 Å². The molecule has 8 nitrogen and oxygen atoms in total. The van der Waals surface area contributed by atoms with E-state index in [1.165, 1.54) is 4.90 Å². The van der Waals surface area contributed by atoms with E-state index in [1.807, 2.05) is 52.0 Å². The molecule has 2 N–H and O–H groups in total. The molecule has 0 saturated carbocycles. The molecule has 2 aromatic rings. The predicted octanol–water partition coefficient (Wildman–Crippen LogP) is 5.47. The Morgan fingerprint density at radius 2 is 1.62 bits per heavy atom. The summed E-state index contributed by atoms with van der Waals surface area (Å²) in [5, 5.41) is 5.71. The fourth-order valence-electron chi connectivity index (χ4n) is 3.99. The van der Waals surface area contributed by atoms with E-state index in [1.54, 1.807) is 52.1 Å². The number of alkyl carbamates (subject to hydrolysis) is 1. The standard InChI is InChI=1S/C29H41N3O5/c1-9-19(3)24(31-28(35)37-29(5,6)7)27(34)32(10-2)25(23-14-12-11-13-20(23)4)26(33)30-21-15-17-22(36-8)18-16-21/h11-19,24-25H,9-10H2,1-8H3,(H,30,33)(H,31,35). The van der Waals surface area contributed by atoms with E-state index >= 15 is 0 Å². The van der Waals surface area contributed by atoms with Crippen LogP contribution in [-0.4, -0.2) is 48.1 Å². The number of benzene rings is 2. The van der Waals surface area contributed by atoms with Gasteiger partial charge in [0.1, 0.15) is 23.4 Å². The maximum atomic E-state index is 14.0. The van der Waals surface area contributed by atoms with Gasteiger partial charge < -0.3 is 25.0 Å². The highest BCUT2D eigenvalue weighted by Crippen LogP contribution is 2.28. The van der Waals surface area contributed by atoms with Gasteiger partial charge in [0.15, 0.2) is 0 Å². The number of carbonyl (C=O) groups excluding carboxylic acids is 3. The van der Waals surface area contributed by atoms with E-state index < -0.39 is 23.8 Å². The molecule has 3 amide bonds. The fraction of sp³-hybridized carbons (Fsp3) is 0.483. The van der Waals surface area contributed by atoms with Gasteiger partial charge in [0, 0.05) is 12.2 Å². The molecule has 2 aromatic carbocycles. The monoisotopic (exact) mass is 511 g/mol. The number of anilines is 1. The van der Waals surface area contributed by atoms with Crippen LogP contribution in [0.3, 0.4) is 0 Å². The van der Waals surface area contributed by atoms with Crippen LogP contribution in [-0.2, 0) is 14.3 Å². The van der Waals surface area contributed by atoms with Crippen molar-refractivity contribution in [1.29, 1.82) is 0 Å². The van der Waals surface area contributed by atoms with Gasteiger partial charge in [0.25, 0.3) is 5.91 Å². The van der Waals surface area contributed by atoms with Crippen LogP contribution in [0.2, 0.25) is 0 Å². The van der Waals surface area contributed by atoms with Gasteiger partial charge in [0.2, 0.25) is 5.91 Å². The van der Waals surface area contributed by atoms with E-state index in [0.717, 1.165) is 5.56 Å². The minimum absolute atomic E-state index is 0.184. The predicted molar refractivity (Wildman–Crippen MR) is 146 cm³/mol. The number of nitrogens with one attached hydrogen (secondary N) is 2. The highest BCUT2D eigenvalue weighted by Gasteiger charge is 2.37. The van der Waals surface area contributed by atoms with Crippen molar-refractivity contribution >= 4 is 23.6 Å². The molecular weight excluding hydrogens is 470 g/mol. The lowest BCUT2D eigenvalue weighted by Gasteiger charge is -2.35. The summed E-state index contributed by atoms with van der Waals surface area (Å²) in [6.45, 7) is 13.1. The van der Waals surface area contributed by atoms with Gasteiger partial charge in [-0.3, -0.25) is 9.59 Å². The van der Waals surface area contributed by atoms with Crippen molar-refractivity contribution in [1.82, 2.24) is 10.2 Å². The Balaban J connectivity index is 2.46. The molecule has 0 saturated heterocycles. The third-order valence-corrected chi connectivity index (χ3v) is 6.18. The molecule has 2 rings (SSSR count). The first-order valence-corrected chi connectivity index (χ1v) is 12.7. The van der Waals surface area contributed by atoms with Crippen LogP contribution in [0, 0.1) is 12.8 Å². The zero-order valence-electron chi connectivity index (χ0n) is 23.3. The Hall–Kier alpha value is -3.55. The van der Waals surface area contributed by atoms with Crippen molar-refractivity contribution in [2.75, 3.05) is 19.0 Å². The van der Waals surface area contributed by atoms with Crippen LogP contribution in [0.25, 0.3) is 0 Å². The molecule has 3 unspecified atom stereocenters. The summed E-state index contributed by atoms with van der Waals surface area (Å²) in [5.41, 5.74) is 1.46. The highest BCUT2D eigenvalue weighted by atomic mass is 16.6. The lowest BCUT2D eigenvalue weighted by Crippen LogP contribution is -2.54. The van der Waals surface area contributed by atoms with E-state index in [9.17, 15) is 14.4 Å². The van der Waals surface area contributed by atoms with E-state index in [4.69, 9.17) is 9.47 Å². The molecule has 0 aromatic heterocycles. The van der Waals surface area contributed by atoms with E-state index in [-0.39, 0.29) is 24.3 Å². The first-order valence-electron chi connectivity index (χ1n) is 12.7.